The van der Waals surface area contributed by atoms with Crippen molar-refractivity contribution in [1.82, 2.24) is 4.31 Å². The normalized spacial score (nSPS) is 32.8. The Bertz CT molecular complexity index is 554. The van der Waals surface area contributed by atoms with Crippen molar-refractivity contribution in [1.29, 1.82) is 0 Å². The molecule has 1 saturated heterocycles. The van der Waals surface area contributed by atoms with Crippen molar-refractivity contribution < 1.29 is 13.5 Å². The molecule has 1 aromatic heterocycles. The Morgan fingerprint density at radius 2 is 2.17 bits per heavy atom. The van der Waals surface area contributed by atoms with Gasteiger partial charge in [-0.1, -0.05) is 0 Å². The van der Waals surface area contributed by atoms with Crippen molar-refractivity contribution in [2.24, 2.45) is 11.8 Å². The predicted octanol–water partition coefficient (Wildman–Crippen LogP) is 0.722. The summed E-state index contributed by atoms with van der Waals surface area (Å²) in [6.45, 7) is 0.966. The summed E-state index contributed by atoms with van der Waals surface area (Å²) < 4.78 is 26.6. The molecule has 3 rings (SSSR count). The van der Waals surface area contributed by atoms with E-state index in [0.29, 0.717) is 28.9 Å². The summed E-state index contributed by atoms with van der Waals surface area (Å²) in [7, 11) is -3.42. The van der Waals surface area contributed by atoms with Gasteiger partial charge in [-0.15, -0.1) is 11.3 Å². The summed E-state index contributed by atoms with van der Waals surface area (Å²) in [5.74, 6) is 0.421. The summed E-state index contributed by atoms with van der Waals surface area (Å²) in [5, 5.41) is 11.5. The Hall–Kier alpha value is -0.630. The number of thiophene rings is 1. The number of anilines is 1. The third-order valence-corrected chi connectivity index (χ3v) is 7.24. The number of nitrogens with two attached hydrogens (primary N) is 1. The molecule has 1 aliphatic carbocycles. The molecule has 2 aliphatic rings. The maximum Gasteiger partial charge on any atom is 0.252 e. The Balaban J connectivity index is 1.84. The lowest BCUT2D eigenvalue weighted by Crippen LogP contribution is -2.30. The van der Waals surface area contributed by atoms with E-state index in [4.69, 9.17) is 5.73 Å². The minimum Gasteiger partial charge on any atom is -0.398 e. The minimum absolute atomic E-state index is 0.108. The molecule has 7 heteroatoms. The van der Waals surface area contributed by atoms with Crippen LogP contribution in [0.2, 0.25) is 0 Å². The molecule has 5 nitrogen and oxygen atoms in total. The highest BCUT2D eigenvalue weighted by atomic mass is 32.2. The summed E-state index contributed by atoms with van der Waals surface area (Å²) in [6, 6.07) is 1.50. The third-order valence-electron chi connectivity index (χ3n) is 3.98. The highest BCUT2D eigenvalue weighted by Gasteiger charge is 2.45. The molecule has 1 saturated carbocycles. The van der Waals surface area contributed by atoms with Crippen molar-refractivity contribution >= 4 is 27.0 Å². The van der Waals surface area contributed by atoms with Crippen molar-refractivity contribution in [3.05, 3.63) is 11.4 Å². The summed E-state index contributed by atoms with van der Waals surface area (Å²) in [5.41, 5.74) is 6.06. The second-order valence-corrected chi connectivity index (χ2v) is 8.17. The molecule has 2 heterocycles. The van der Waals surface area contributed by atoms with E-state index in [1.807, 2.05) is 0 Å². The second-order valence-electron chi connectivity index (χ2n) is 5.09. The number of fused-ring (bicyclic) bond motifs is 1. The fraction of sp³-hybridized carbons (Fsp3) is 0.636. The van der Waals surface area contributed by atoms with Crippen molar-refractivity contribution in [3.63, 3.8) is 0 Å². The van der Waals surface area contributed by atoms with E-state index in [2.05, 4.69) is 0 Å². The van der Waals surface area contributed by atoms with Gasteiger partial charge in [0.25, 0.3) is 10.0 Å². The minimum atomic E-state index is -3.42. The highest BCUT2D eigenvalue weighted by Crippen LogP contribution is 2.40. The Morgan fingerprint density at radius 1 is 1.39 bits per heavy atom. The first-order valence-corrected chi connectivity index (χ1v) is 8.32. The fourth-order valence-corrected chi connectivity index (χ4v) is 5.75. The summed E-state index contributed by atoms with van der Waals surface area (Å²) >= 11 is 1.16. The zero-order valence-corrected chi connectivity index (χ0v) is 11.5. The Labute approximate surface area is 110 Å². The van der Waals surface area contributed by atoms with E-state index in [9.17, 15) is 13.5 Å². The maximum absolute atomic E-state index is 12.4. The average molecular weight is 288 g/mol. The van der Waals surface area contributed by atoms with Crippen LogP contribution in [0.3, 0.4) is 0 Å². The number of hydrogen-bond donors (Lipinski definition) is 2. The summed E-state index contributed by atoms with van der Waals surface area (Å²) in [6.07, 6.45) is 1.38. The van der Waals surface area contributed by atoms with Gasteiger partial charge in [0.1, 0.15) is 4.21 Å². The molecule has 100 valence electrons. The number of nitrogen functional groups attached to an aromatic ring is 1. The van der Waals surface area contributed by atoms with E-state index in [0.717, 1.165) is 24.2 Å². The van der Waals surface area contributed by atoms with Crippen LogP contribution in [0.5, 0.6) is 0 Å². The van der Waals surface area contributed by atoms with E-state index in [-0.39, 0.29) is 12.0 Å². The van der Waals surface area contributed by atoms with Crippen LogP contribution in [0.15, 0.2) is 15.7 Å². The molecule has 0 amide bonds. The van der Waals surface area contributed by atoms with Crippen LogP contribution in [0.1, 0.15) is 12.8 Å². The van der Waals surface area contributed by atoms with Gasteiger partial charge >= 0.3 is 0 Å². The highest BCUT2D eigenvalue weighted by molar-refractivity contribution is 7.91. The van der Waals surface area contributed by atoms with E-state index >= 15 is 0 Å². The van der Waals surface area contributed by atoms with Crippen molar-refractivity contribution in [2.45, 2.75) is 23.2 Å². The standard InChI is InChI=1S/C11H16N2O3S2/c12-8-3-11(17-6-8)18(15,16)13-4-7-1-2-10(14)9(7)5-13/h3,6-7,9-10,14H,1-2,4-5,12H2. The van der Waals surface area contributed by atoms with Gasteiger partial charge in [0, 0.05) is 30.1 Å². The van der Waals surface area contributed by atoms with Gasteiger partial charge < -0.3 is 10.8 Å². The average Bonchev–Trinajstić information content (AvgIpc) is 2.96. The fourth-order valence-electron chi connectivity index (χ4n) is 2.98. The first-order chi connectivity index (χ1) is 8.48. The molecule has 0 bridgehead atoms. The largest absolute Gasteiger partial charge is 0.398 e. The summed E-state index contributed by atoms with van der Waals surface area (Å²) in [4.78, 5) is 0. The number of sulfonamides is 1. The Morgan fingerprint density at radius 3 is 2.78 bits per heavy atom. The van der Waals surface area contributed by atoms with Crippen molar-refractivity contribution in [2.75, 3.05) is 18.8 Å². The SMILES string of the molecule is Nc1csc(S(=O)(=O)N2CC3CCC(O)C3C2)c1. The lowest BCUT2D eigenvalue weighted by Gasteiger charge is -2.17. The predicted molar refractivity (Wildman–Crippen MR) is 69.7 cm³/mol. The van der Waals surface area contributed by atoms with Crippen LogP contribution < -0.4 is 5.73 Å². The lowest BCUT2D eigenvalue weighted by molar-refractivity contribution is 0.129. The van der Waals surface area contributed by atoms with Crippen LogP contribution in [-0.4, -0.2) is 37.0 Å². The zero-order valence-electron chi connectivity index (χ0n) is 9.82. The molecule has 3 unspecified atom stereocenters. The number of rotatable bonds is 2. The number of aliphatic hydroxyl groups is 1. The van der Waals surface area contributed by atoms with Crippen LogP contribution >= 0.6 is 11.3 Å². The van der Waals surface area contributed by atoms with Crippen LogP contribution in [-0.2, 0) is 10.0 Å². The molecule has 2 fully saturated rings. The molecule has 3 N–H and O–H groups in total. The molecule has 1 aliphatic heterocycles. The van der Waals surface area contributed by atoms with Gasteiger partial charge in [-0.05, 0) is 24.8 Å². The van der Waals surface area contributed by atoms with Crippen molar-refractivity contribution in [3.8, 4) is 0 Å². The molecule has 0 aromatic carbocycles. The van der Waals surface area contributed by atoms with Gasteiger partial charge in [-0.25, -0.2) is 8.42 Å². The van der Waals surface area contributed by atoms with Crippen LogP contribution in [0, 0.1) is 11.8 Å². The third kappa shape index (κ3) is 1.85. The number of hydrogen-bond acceptors (Lipinski definition) is 5. The van der Waals surface area contributed by atoms with Gasteiger partial charge in [0.15, 0.2) is 0 Å². The van der Waals surface area contributed by atoms with Gasteiger partial charge in [0.2, 0.25) is 0 Å². The first kappa shape index (κ1) is 12.4. The molecule has 0 radical (unpaired) electrons. The topological polar surface area (TPSA) is 83.6 Å². The Kier molecular flexibility index (Phi) is 2.89. The van der Waals surface area contributed by atoms with Crippen LogP contribution in [0.25, 0.3) is 0 Å². The molecule has 0 spiro atoms. The van der Waals surface area contributed by atoms with E-state index in [1.165, 1.54) is 10.4 Å². The molecular weight excluding hydrogens is 272 g/mol. The maximum atomic E-state index is 12.4. The zero-order chi connectivity index (χ0) is 12.9. The smallest absolute Gasteiger partial charge is 0.252 e. The quantitative estimate of drug-likeness (QED) is 0.840. The second kappa shape index (κ2) is 4.19. The number of nitrogens with zero attached hydrogens (tertiary/aromatic N) is 1. The van der Waals surface area contributed by atoms with Gasteiger partial charge in [-0.3, -0.25) is 0 Å². The van der Waals surface area contributed by atoms with E-state index in [1.54, 1.807) is 5.38 Å². The van der Waals surface area contributed by atoms with Gasteiger partial charge in [-0.2, -0.15) is 4.31 Å². The first-order valence-electron chi connectivity index (χ1n) is 6.00. The lowest BCUT2D eigenvalue weighted by atomic mass is 10.00. The number of aliphatic hydroxyl groups excluding tert-OH is 1. The van der Waals surface area contributed by atoms with E-state index < -0.39 is 10.0 Å². The monoisotopic (exact) mass is 288 g/mol. The molecular formula is C11H16N2O3S2. The molecule has 18 heavy (non-hydrogen) atoms. The molecule has 3 atom stereocenters. The van der Waals surface area contributed by atoms with Gasteiger partial charge in [0.05, 0.1) is 6.10 Å². The molecule has 1 aromatic rings. The van der Waals surface area contributed by atoms with Crippen LogP contribution in [0.4, 0.5) is 5.69 Å².